The topological polar surface area (TPSA) is 62.7 Å². The zero-order chi connectivity index (χ0) is 18.3. The van der Waals surface area contributed by atoms with Crippen LogP contribution in [0, 0.1) is 5.92 Å². The normalized spacial score (nSPS) is 13.5. The van der Waals surface area contributed by atoms with E-state index in [0.717, 1.165) is 10.2 Å². The molecule has 1 aromatic rings. The molecule has 0 aliphatic heterocycles. The van der Waals surface area contributed by atoms with E-state index in [-0.39, 0.29) is 12.0 Å². The number of aliphatic imine (C=N–C) groups is 1. The third-order valence-electron chi connectivity index (χ3n) is 3.03. The van der Waals surface area contributed by atoms with Crippen LogP contribution in [-0.2, 0) is 4.74 Å². The molecule has 0 aliphatic carbocycles. The number of rotatable bonds is 5. The van der Waals surface area contributed by atoms with Gasteiger partial charge in [-0.1, -0.05) is 0 Å². The van der Waals surface area contributed by atoms with Gasteiger partial charge in [-0.2, -0.15) is 0 Å². The number of carbonyl (C=O) groups excluding carboxylic acids is 1. The summed E-state index contributed by atoms with van der Waals surface area (Å²) in [6.07, 6.45) is -0.418. The van der Waals surface area contributed by atoms with E-state index >= 15 is 0 Å². The molecular weight excluding hydrogens is 437 g/mol. The fraction of sp³-hybridized carbons (Fsp3) is 0.529. The summed E-state index contributed by atoms with van der Waals surface area (Å²) < 4.78 is 7.00. The average molecular weight is 462 g/mol. The van der Waals surface area contributed by atoms with Crippen molar-refractivity contribution in [3.05, 3.63) is 28.7 Å². The molecular formula is C17H25BrN3O2Se. The van der Waals surface area contributed by atoms with E-state index in [9.17, 15) is 4.79 Å². The van der Waals surface area contributed by atoms with Gasteiger partial charge in [-0.3, -0.25) is 0 Å². The molecule has 2 N–H and O–H groups in total. The number of carbonyl (C=O) groups is 1. The molecule has 5 nitrogen and oxygen atoms in total. The molecule has 1 aromatic carbocycles. The molecule has 0 saturated heterocycles. The fourth-order valence-corrected chi connectivity index (χ4v) is 2.43. The molecule has 1 amide bonds. The van der Waals surface area contributed by atoms with Crippen LogP contribution in [0.2, 0.25) is 0 Å². The predicted molar refractivity (Wildman–Crippen MR) is 104 cm³/mol. The molecule has 0 bridgehead atoms. The van der Waals surface area contributed by atoms with Crippen LogP contribution in [0.5, 0.6) is 0 Å². The van der Waals surface area contributed by atoms with Crippen molar-refractivity contribution < 1.29 is 9.53 Å². The van der Waals surface area contributed by atoms with Crippen LogP contribution < -0.4 is 10.6 Å². The third kappa shape index (κ3) is 8.71. The number of nitrogens with one attached hydrogen (secondary N) is 2. The number of amidine groups is 1. The molecule has 1 rings (SSSR count). The van der Waals surface area contributed by atoms with Crippen LogP contribution in [0.15, 0.2) is 33.7 Å². The Kier molecular flexibility index (Phi) is 8.27. The van der Waals surface area contributed by atoms with Gasteiger partial charge in [0.15, 0.2) is 0 Å². The van der Waals surface area contributed by atoms with Crippen molar-refractivity contribution >= 4 is 48.5 Å². The van der Waals surface area contributed by atoms with Crippen LogP contribution in [-0.4, -0.2) is 45.0 Å². The maximum absolute atomic E-state index is 11.9. The van der Waals surface area contributed by atoms with Crippen molar-refractivity contribution in [1.29, 1.82) is 0 Å². The Hall–Kier alpha value is -1.04. The predicted octanol–water partition coefficient (Wildman–Crippen LogP) is 3.93. The molecule has 0 heterocycles. The van der Waals surface area contributed by atoms with Crippen molar-refractivity contribution in [3.63, 3.8) is 0 Å². The molecule has 0 aromatic heterocycles. The number of benzene rings is 1. The van der Waals surface area contributed by atoms with Crippen LogP contribution in [0.25, 0.3) is 0 Å². The van der Waals surface area contributed by atoms with Crippen LogP contribution in [0.4, 0.5) is 10.5 Å². The first kappa shape index (κ1) is 21.0. The number of anilines is 1. The minimum absolute atomic E-state index is 0.102. The minimum atomic E-state index is -0.512. The van der Waals surface area contributed by atoms with Gasteiger partial charge < -0.3 is 0 Å². The van der Waals surface area contributed by atoms with E-state index in [4.69, 9.17) is 4.74 Å². The summed E-state index contributed by atoms with van der Waals surface area (Å²) in [4.78, 5) is 16.4. The summed E-state index contributed by atoms with van der Waals surface area (Å²) in [5.74, 6) is 0.238. The van der Waals surface area contributed by atoms with Crippen LogP contribution in [0.1, 0.15) is 34.6 Å². The molecule has 0 saturated carbocycles. The first-order valence-corrected chi connectivity index (χ1v) is 9.45. The van der Waals surface area contributed by atoms with Crippen molar-refractivity contribution in [1.82, 2.24) is 5.32 Å². The Labute approximate surface area is 161 Å². The number of alkyl carbamates (subject to hydrolysis) is 1. The van der Waals surface area contributed by atoms with Crippen molar-refractivity contribution in [3.8, 4) is 0 Å². The van der Waals surface area contributed by atoms with E-state index in [1.165, 1.54) is 0 Å². The standard InChI is InChI=1S/C17H25BrN3O2Se/c1-11(2)14(21-16(22)23-17(3,4)5)10-19-15(24)20-13-8-6-12(18)7-9-13/h6-9,11,14H,10H2,1-5H3,(H,19,20)(H,21,22). The van der Waals surface area contributed by atoms with E-state index < -0.39 is 11.7 Å². The van der Waals surface area contributed by atoms with E-state index in [1.807, 2.05) is 58.9 Å². The first-order valence-electron chi connectivity index (χ1n) is 7.80. The fourth-order valence-electron chi connectivity index (χ4n) is 1.76. The summed E-state index contributed by atoms with van der Waals surface area (Å²) in [6.45, 7) is 10.1. The van der Waals surface area contributed by atoms with Gasteiger partial charge in [0, 0.05) is 0 Å². The van der Waals surface area contributed by atoms with Gasteiger partial charge in [0.05, 0.1) is 0 Å². The van der Waals surface area contributed by atoms with Gasteiger partial charge in [0.1, 0.15) is 0 Å². The zero-order valence-electron chi connectivity index (χ0n) is 14.7. The van der Waals surface area contributed by atoms with E-state index in [1.54, 1.807) is 0 Å². The Bertz CT molecular complexity index is 568. The SMILES string of the molecule is CC(C)C(CN=C([Se])Nc1ccc(Br)cc1)NC(=O)OC(C)(C)C. The monoisotopic (exact) mass is 462 g/mol. The number of hydrogen-bond donors (Lipinski definition) is 2. The Morgan fingerprint density at radius 1 is 1.29 bits per heavy atom. The van der Waals surface area contributed by atoms with Crippen molar-refractivity contribution in [2.45, 2.75) is 46.3 Å². The average Bonchev–Trinajstić information content (AvgIpc) is 2.43. The Morgan fingerprint density at radius 3 is 2.38 bits per heavy atom. The molecule has 24 heavy (non-hydrogen) atoms. The van der Waals surface area contributed by atoms with Crippen LogP contribution >= 0.6 is 15.9 Å². The van der Waals surface area contributed by atoms with E-state index in [2.05, 4.69) is 47.6 Å². The molecule has 0 spiro atoms. The molecule has 7 heteroatoms. The summed E-state index contributed by atoms with van der Waals surface area (Å²) in [5.41, 5.74) is 0.429. The number of nitrogens with zero attached hydrogens (tertiary/aromatic N) is 1. The van der Waals surface area contributed by atoms with Gasteiger partial charge >= 0.3 is 161 Å². The Morgan fingerprint density at radius 2 is 1.88 bits per heavy atom. The molecule has 133 valence electrons. The van der Waals surface area contributed by atoms with Gasteiger partial charge in [0.2, 0.25) is 0 Å². The molecule has 1 unspecified atom stereocenters. The second kappa shape index (κ2) is 9.44. The van der Waals surface area contributed by atoms with Gasteiger partial charge in [-0.05, 0) is 0 Å². The second-order valence-corrected chi connectivity index (χ2v) is 8.50. The van der Waals surface area contributed by atoms with Crippen LogP contribution in [0.3, 0.4) is 0 Å². The second-order valence-electron chi connectivity index (χ2n) is 6.77. The maximum atomic E-state index is 11.9. The summed E-state index contributed by atoms with van der Waals surface area (Å²) in [5, 5.41) is 6.07. The van der Waals surface area contributed by atoms with E-state index in [0.29, 0.717) is 11.3 Å². The molecule has 0 aliphatic rings. The molecule has 0 fully saturated rings. The molecule has 1 radical (unpaired) electrons. The van der Waals surface area contributed by atoms with Crippen molar-refractivity contribution in [2.24, 2.45) is 10.9 Å². The number of ether oxygens (including phenoxy) is 1. The molecule has 1 atom stereocenters. The third-order valence-corrected chi connectivity index (χ3v) is 4.05. The van der Waals surface area contributed by atoms with Gasteiger partial charge in [-0.15, -0.1) is 0 Å². The quantitative estimate of drug-likeness (QED) is 0.396. The van der Waals surface area contributed by atoms with Gasteiger partial charge in [0.25, 0.3) is 0 Å². The first-order chi connectivity index (χ1) is 11.1. The number of amides is 1. The van der Waals surface area contributed by atoms with Crippen molar-refractivity contribution in [2.75, 3.05) is 11.9 Å². The number of halogens is 1. The number of hydrogen-bond acceptors (Lipinski definition) is 3. The summed E-state index contributed by atoms with van der Waals surface area (Å²) in [6, 6.07) is 7.72. The zero-order valence-corrected chi connectivity index (χ0v) is 18.0. The summed E-state index contributed by atoms with van der Waals surface area (Å²) in [7, 11) is 0. The Balaban J connectivity index is 2.61. The summed E-state index contributed by atoms with van der Waals surface area (Å²) >= 11 is 6.31. The van der Waals surface area contributed by atoms with Gasteiger partial charge in [-0.25, -0.2) is 0 Å².